The largest absolute Gasteiger partial charge is 0.507 e. The molecule has 1 saturated carbocycles. The molecule has 2 aliphatic carbocycles. The van der Waals surface area contributed by atoms with E-state index in [1.807, 2.05) is 18.2 Å². The Labute approximate surface area is 159 Å². The van der Waals surface area contributed by atoms with E-state index in [1.165, 1.54) is 43.7 Å². The second-order valence-corrected chi connectivity index (χ2v) is 7.24. The van der Waals surface area contributed by atoms with Crippen LogP contribution in [0.3, 0.4) is 0 Å². The lowest BCUT2D eigenvalue weighted by Crippen LogP contribution is -2.07. The molecule has 2 nitrogen and oxygen atoms in total. The van der Waals surface area contributed by atoms with Gasteiger partial charge in [0.25, 0.3) is 0 Å². The molecule has 0 bridgehead atoms. The van der Waals surface area contributed by atoms with Crippen molar-refractivity contribution in [1.82, 2.24) is 0 Å². The lowest BCUT2D eigenvalue weighted by atomic mass is 9.84. The van der Waals surface area contributed by atoms with E-state index in [2.05, 4.69) is 18.7 Å². The number of halogens is 1. The predicted octanol–water partition coefficient (Wildman–Crippen LogP) is 6.73. The molecule has 0 saturated heterocycles. The average molecular weight is 367 g/mol. The number of benzene rings is 2. The Bertz CT molecular complexity index is 828. The number of aliphatic hydroxyl groups is 1. The molecule has 0 aromatic heterocycles. The molecule has 0 spiro atoms. The lowest BCUT2D eigenvalue weighted by molar-refractivity contribution is 0.104. The van der Waals surface area contributed by atoms with Crippen molar-refractivity contribution in [3.63, 3.8) is 0 Å². The Kier molecular flexibility index (Phi) is 5.95. The van der Waals surface area contributed by atoms with Gasteiger partial charge in [0.1, 0.15) is 5.76 Å². The molecule has 2 aliphatic rings. The van der Waals surface area contributed by atoms with Crippen LogP contribution in [-0.2, 0) is 0 Å². The topological polar surface area (TPSA) is 37.3 Å². The molecule has 134 valence electrons. The highest BCUT2D eigenvalue weighted by molar-refractivity contribution is 6.30. The monoisotopic (exact) mass is 366 g/mol. The molecule has 0 aliphatic heterocycles. The Morgan fingerprint density at radius 1 is 0.923 bits per heavy atom. The minimum atomic E-state index is -0.166. The first-order chi connectivity index (χ1) is 12.6. The van der Waals surface area contributed by atoms with E-state index in [1.54, 1.807) is 18.2 Å². The van der Waals surface area contributed by atoms with Crippen LogP contribution in [-0.4, -0.2) is 10.9 Å². The highest BCUT2D eigenvalue weighted by atomic mass is 35.5. The fraction of sp³-hybridized carbons (Fsp3) is 0.261. The summed E-state index contributed by atoms with van der Waals surface area (Å²) < 4.78 is 0. The maximum atomic E-state index is 11.4. The van der Waals surface area contributed by atoms with Gasteiger partial charge in [-0.2, -0.15) is 0 Å². The molecule has 0 heterocycles. The summed E-state index contributed by atoms with van der Waals surface area (Å²) >= 11 is 5.85. The van der Waals surface area contributed by atoms with Crippen LogP contribution < -0.4 is 0 Å². The smallest absolute Gasteiger partial charge is 0.190 e. The van der Waals surface area contributed by atoms with Gasteiger partial charge in [-0.25, -0.2) is 0 Å². The maximum absolute atomic E-state index is 11.4. The van der Waals surface area contributed by atoms with Gasteiger partial charge in [0.15, 0.2) is 5.78 Å². The van der Waals surface area contributed by atoms with Crippen molar-refractivity contribution in [3.05, 3.63) is 88.7 Å². The summed E-state index contributed by atoms with van der Waals surface area (Å²) in [5, 5.41) is 10.2. The molecule has 2 aromatic rings. The van der Waals surface area contributed by atoms with Gasteiger partial charge in [-0.05, 0) is 42.0 Å². The summed E-state index contributed by atoms with van der Waals surface area (Å²) in [6.45, 7) is 3.70. The summed E-state index contributed by atoms with van der Waals surface area (Å²) in [7, 11) is 0. The van der Waals surface area contributed by atoms with Gasteiger partial charge in [-0.1, -0.05) is 73.8 Å². The first-order valence-corrected chi connectivity index (χ1v) is 9.43. The third kappa shape index (κ3) is 4.25. The number of fused-ring (bicyclic) bond motifs is 1. The van der Waals surface area contributed by atoms with Gasteiger partial charge in [-0.3, -0.25) is 4.79 Å². The van der Waals surface area contributed by atoms with Gasteiger partial charge >= 0.3 is 0 Å². The van der Waals surface area contributed by atoms with E-state index < -0.39 is 0 Å². The SMILES string of the molecule is C=C1C(O)=CC(=O)c2ccccc21.Clc1ccc(C2CCCCC2)cc1. The number of carbonyl (C=O) groups is 1. The standard InChI is InChI=1S/C12H15Cl.C11H8O2/c13-12-8-6-11(7-9-12)10-4-2-1-3-5-10;1-7-8-4-2-3-5-9(8)11(13)6-10(7)12/h6-10H,1-5H2;2-6,12H,1H2. The molecule has 1 fully saturated rings. The third-order valence-corrected chi connectivity index (χ3v) is 5.29. The van der Waals surface area contributed by atoms with Crippen LogP contribution in [0.25, 0.3) is 5.57 Å². The zero-order chi connectivity index (χ0) is 18.5. The molecular weight excluding hydrogens is 344 g/mol. The minimum absolute atomic E-state index is 0.0382. The molecule has 2 aromatic carbocycles. The van der Waals surface area contributed by atoms with Gasteiger partial charge in [-0.15, -0.1) is 0 Å². The zero-order valence-electron chi connectivity index (χ0n) is 14.7. The molecule has 0 radical (unpaired) electrons. The minimum Gasteiger partial charge on any atom is -0.507 e. The van der Waals surface area contributed by atoms with Crippen LogP contribution in [0.4, 0.5) is 0 Å². The number of rotatable bonds is 1. The molecular formula is C23H23ClO2. The number of hydrogen-bond donors (Lipinski definition) is 1. The molecule has 0 amide bonds. The van der Waals surface area contributed by atoms with Crippen molar-refractivity contribution in [1.29, 1.82) is 0 Å². The molecule has 4 rings (SSSR count). The van der Waals surface area contributed by atoms with E-state index in [0.717, 1.165) is 10.9 Å². The second-order valence-electron chi connectivity index (χ2n) is 6.80. The Hall–Kier alpha value is -2.32. The Balaban J connectivity index is 0.000000151. The second kappa shape index (κ2) is 8.37. The van der Waals surface area contributed by atoms with E-state index >= 15 is 0 Å². The van der Waals surface area contributed by atoms with Crippen molar-refractivity contribution in [2.75, 3.05) is 0 Å². The van der Waals surface area contributed by atoms with Crippen molar-refractivity contribution in [3.8, 4) is 0 Å². The van der Waals surface area contributed by atoms with Gasteiger partial charge < -0.3 is 5.11 Å². The number of allylic oxidation sites excluding steroid dienone is 2. The number of carbonyl (C=O) groups excluding carboxylic acids is 1. The number of hydrogen-bond acceptors (Lipinski definition) is 2. The summed E-state index contributed by atoms with van der Waals surface area (Å²) in [4.78, 5) is 11.4. The summed E-state index contributed by atoms with van der Waals surface area (Å²) in [5.41, 5.74) is 3.30. The first kappa shape index (κ1) is 18.5. The molecule has 0 atom stereocenters. The van der Waals surface area contributed by atoms with Crippen molar-refractivity contribution < 1.29 is 9.90 Å². The molecule has 1 N–H and O–H groups in total. The highest BCUT2D eigenvalue weighted by Crippen LogP contribution is 2.32. The molecule has 3 heteroatoms. The zero-order valence-corrected chi connectivity index (χ0v) is 15.5. The van der Waals surface area contributed by atoms with Crippen LogP contribution in [0.2, 0.25) is 5.02 Å². The number of aliphatic hydroxyl groups excluding tert-OH is 1. The summed E-state index contributed by atoms with van der Waals surface area (Å²) in [5.74, 6) is 0.593. The van der Waals surface area contributed by atoms with E-state index in [4.69, 9.17) is 11.6 Å². The lowest BCUT2D eigenvalue weighted by Gasteiger charge is -2.21. The average Bonchev–Trinajstić information content (AvgIpc) is 2.68. The highest BCUT2D eigenvalue weighted by Gasteiger charge is 2.19. The van der Waals surface area contributed by atoms with Crippen LogP contribution in [0.5, 0.6) is 0 Å². The first-order valence-electron chi connectivity index (χ1n) is 9.05. The maximum Gasteiger partial charge on any atom is 0.190 e. The van der Waals surface area contributed by atoms with E-state index in [9.17, 15) is 9.90 Å². The quantitative estimate of drug-likeness (QED) is 0.607. The summed E-state index contributed by atoms with van der Waals surface area (Å²) in [6, 6.07) is 15.5. The van der Waals surface area contributed by atoms with Crippen LogP contribution in [0, 0.1) is 0 Å². The van der Waals surface area contributed by atoms with E-state index in [0.29, 0.717) is 16.7 Å². The van der Waals surface area contributed by atoms with E-state index in [-0.39, 0.29) is 11.5 Å². The van der Waals surface area contributed by atoms with Crippen molar-refractivity contribution in [2.24, 2.45) is 0 Å². The Morgan fingerprint density at radius 2 is 1.54 bits per heavy atom. The fourth-order valence-corrected chi connectivity index (χ4v) is 3.69. The predicted molar refractivity (Wildman–Crippen MR) is 108 cm³/mol. The third-order valence-electron chi connectivity index (χ3n) is 5.04. The fourth-order valence-electron chi connectivity index (χ4n) is 3.56. The van der Waals surface area contributed by atoms with Crippen molar-refractivity contribution >= 4 is 23.0 Å². The van der Waals surface area contributed by atoms with Gasteiger partial charge in [0.2, 0.25) is 0 Å². The molecule has 26 heavy (non-hydrogen) atoms. The molecule has 0 unspecified atom stereocenters. The van der Waals surface area contributed by atoms with Crippen LogP contribution in [0.15, 0.2) is 66.9 Å². The summed E-state index contributed by atoms with van der Waals surface area (Å²) in [6.07, 6.45) is 8.14. The Morgan fingerprint density at radius 3 is 2.19 bits per heavy atom. The van der Waals surface area contributed by atoms with Crippen LogP contribution >= 0.6 is 11.6 Å². The van der Waals surface area contributed by atoms with Crippen LogP contribution in [0.1, 0.15) is 59.5 Å². The van der Waals surface area contributed by atoms with Gasteiger partial charge in [0, 0.05) is 22.2 Å². The van der Waals surface area contributed by atoms with Gasteiger partial charge in [0.05, 0.1) is 0 Å². The van der Waals surface area contributed by atoms with Crippen molar-refractivity contribution in [2.45, 2.75) is 38.0 Å². The normalized spacial score (nSPS) is 17.0. The number of ketones is 1.